The van der Waals surface area contributed by atoms with Crippen LogP contribution >= 0.6 is 23.2 Å². The summed E-state index contributed by atoms with van der Waals surface area (Å²) in [5, 5.41) is 0.722. The van der Waals surface area contributed by atoms with Crippen molar-refractivity contribution in [2.24, 2.45) is 0 Å². The van der Waals surface area contributed by atoms with Crippen LogP contribution in [0.1, 0.15) is 32.1 Å². The van der Waals surface area contributed by atoms with Crippen molar-refractivity contribution in [3.8, 4) is 0 Å². The number of carbonyl (C=O) groups is 1. The van der Waals surface area contributed by atoms with Crippen LogP contribution in [0.25, 0.3) is 0 Å². The quantitative estimate of drug-likeness (QED) is 0.743. The lowest BCUT2D eigenvalue weighted by Gasteiger charge is -2.27. The molecule has 1 aromatic carbocycles. The third kappa shape index (κ3) is 5.26. The number of piperidine rings is 1. The van der Waals surface area contributed by atoms with Gasteiger partial charge in [-0.05, 0) is 43.9 Å². The number of rotatable bonds is 6. The van der Waals surface area contributed by atoms with Gasteiger partial charge in [-0.25, -0.2) is 8.42 Å². The Morgan fingerprint density at radius 2 is 1.88 bits per heavy atom. The van der Waals surface area contributed by atoms with Crippen LogP contribution < -0.4 is 4.31 Å². The fraction of sp³-hybridized carbons (Fsp3) is 0.562. The molecular formula is C16H22Cl2N2O3S. The summed E-state index contributed by atoms with van der Waals surface area (Å²) in [6, 6.07) is 4.70. The maximum absolute atomic E-state index is 12.2. The lowest BCUT2D eigenvalue weighted by Crippen LogP contribution is -2.36. The number of nitrogens with zero attached hydrogens (tertiary/aromatic N) is 2. The molecule has 24 heavy (non-hydrogen) atoms. The third-order valence-corrected chi connectivity index (χ3v) is 5.77. The summed E-state index contributed by atoms with van der Waals surface area (Å²) in [7, 11) is -3.51. The van der Waals surface area contributed by atoms with Gasteiger partial charge >= 0.3 is 0 Å². The zero-order valence-electron chi connectivity index (χ0n) is 13.7. The van der Waals surface area contributed by atoms with E-state index in [1.165, 1.54) is 16.8 Å². The summed E-state index contributed by atoms with van der Waals surface area (Å²) in [6.45, 7) is 1.79. The minimum Gasteiger partial charge on any atom is -0.343 e. The molecule has 8 heteroatoms. The van der Waals surface area contributed by atoms with Crippen LogP contribution in [0.5, 0.6) is 0 Å². The topological polar surface area (TPSA) is 57.7 Å². The Morgan fingerprint density at radius 1 is 1.21 bits per heavy atom. The van der Waals surface area contributed by atoms with Crippen molar-refractivity contribution in [3.05, 3.63) is 28.2 Å². The molecule has 0 bridgehead atoms. The predicted molar refractivity (Wildman–Crippen MR) is 98.3 cm³/mol. The molecule has 2 rings (SSSR count). The molecule has 0 N–H and O–H groups in total. The molecule has 0 saturated carbocycles. The molecule has 0 unspecified atom stereocenters. The van der Waals surface area contributed by atoms with Crippen LogP contribution in [-0.2, 0) is 14.8 Å². The minimum atomic E-state index is -3.51. The van der Waals surface area contributed by atoms with Gasteiger partial charge in [-0.2, -0.15) is 0 Å². The summed E-state index contributed by atoms with van der Waals surface area (Å²) >= 11 is 12.1. The average molecular weight is 393 g/mol. The van der Waals surface area contributed by atoms with Crippen molar-refractivity contribution in [1.29, 1.82) is 0 Å². The molecule has 0 atom stereocenters. The Morgan fingerprint density at radius 3 is 2.50 bits per heavy atom. The van der Waals surface area contributed by atoms with E-state index < -0.39 is 10.0 Å². The maximum atomic E-state index is 12.2. The first kappa shape index (κ1) is 19.3. The van der Waals surface area contributed by atoms with E-state index in [0.29, 0.717) is 28.6 Å². The zero-order valence-corrected chi connectivity index (χ0v) is 16.0. The molecule has 1 fully saturated rings. The SMILES string of the molecule is CS(=O)(=O)N(CCCC(=O)N1CCCCC1)c1cc(Cl)ccc1Cl. The van der Waals surface area contributed by atoms with Gasteiger partial charge in [-0.3, -0.25) is 9.10 Å². The second kappa shape index (κ2) is 8.41. The number of sulfonamides is 1. The van der Waals surface area contributed by atoms with E-state index in [1.54, 1.807) is 12.1 Å². The summed E-state index contributed by atoms with van der Waals surface area (Å²) < 4.78 is 25.4. The van der Waals surface area contributed by atoms with Gasteiger partial charge in [0.2, 0.25) is 15.9 Å². The number of anilines is 1. The Balaban J connectivity index is 2.02. The first-order valence-electron chi connectivity index (χ1n) is 7.99. The number of likely N-dealkylation sites (tertiary alicyclic amines) is 1. The smallest absolute Gasteiger partial charge is 0.232 e. The summed E-state index contributed by atoms with van der Waals surface area (Å²) in [4.78, 5) is 14.1. The number of amides is 1. The lowest BCUT2D eigenvalue weighted by molar-refractivity contribution is -0.132. The van der Waals surface area contributed by atoms with Gasteiger partial charge in [0.1, 0.15) is 0 Å². The van der Waals surface area contributed by atoms with Gasteiger partial charge in [-0.1, -0.05) is 23.2 Å². The van der Waals surface area contributed by atoms with E-state index in [2.05, 4.69) is 0 Å². The van der Waals surface area contributed by atoms with Gasteiger partial charge in [0.05, 0.1) is 17.0 Å². The van der Waals surface area contributed by atoms with E-state index in [0.717, 1.165) is 32.2 Å². The highest BCUT2D eigenvalue weighted by atomic mass is 35.5. The average Bonchev–Trinajstić information content (AvgIpc) is 2.53. The van der Waals surface area contributed by atoms with E-state index in [-0.39, 0.29) is 12.5 Å². The Bertz CT molecular complexity index is 689. The molecule has 0 aromatic heterocycles. The molecule has 0 spiro atoms. The van der Waals surface area contributed by atoms with Gasteiger partial charge in [0, 0.05) is 31.1 Å². The molecule has 1 amide bonds. The molecule has 1 aliphatic heterocycles. The van der Waals surface area contributed by atoms with Crippen molar-refractivity contribution in [3.63, 3.8) is 0 Å². The lowest BCUT2D eigenvalue weighted by atomic mass is 10.1. The van der Waals surface area contributed by atoms with Gasteiger partial charge in [0.15, 0.2) is 0 Å². The molecule has 1 saturated heterocycles. The summed E-state index contributed by atoms with van der Waals surface area (Å²) in [5.41, 5.74) is 0.345. The van der Waals surface area contributed by atoms with E-state index >= 15 is 0 Å². The predicted octanol–water partition coefficient (Wildman–Crippen LogP) is 3.55. The second-order valence-corrected chi connectivity index (χ2v) is 8.73. The summed E-state index contributed by atoms with van der Waals surface area (Å²) in [6.07, 6.45) is 5.13. The van der Waals surface area contributed by atoms with E-state index in [1.807, 2.05) is 4.90 Å². The van der Waals surface area contributed by atoms with Crippen molar-refractivity contribution in [2.75, 3.05) is 30.2 Å². The molecular weight excluding hydrogens is 371 g/mol. The maximum Gasteiger partial charge on any atom is 0.232 e. The van der Waals surface area contributed by atoms with Crippen molar-refractivity contribution in [1.82, 2.24) is 4.90 Å². The normalized spacial score (nSPS) is 15.4. The van der Waals surface area contributed by atoms with Crippen molar-refractivity contribution >= 4 is 44.8 Å². The first-order valence-corrected chi connectivity index (χ1v) is 10.6. The molecule has 0 aliphatic carbocycles. The number of benzene rings is 1. The van der Waals surface area contributed by atoms with Crippen LogP contribution in [0.15, 0.2) is 18.2 Å². The molecule has 134 valence electrons. The number of halogens is 2. The van der Waals surface area contributed by atoms with Crippen LogP contribution in [0.2, 0.25) is 10.0 Å². The largest absolute Gasteiger partial charge is 0.343 e. The standard InChI is InChI=1S/C16H22Cl2N2O3S/c1-24(22,23)20(15-12-13(17)7-8-14(15)18)11-5-6-16(21)19-9-3-2-4-10-19/h7-8,12H,2-6,9-11H2,1H3. The Kier molecular flexibility index (Phi) is 6.78. The minimum absolute atomic E-state index is 0.0837. The molecule has 0 radical (unpaired) electrons. The van der Waals surface area contributed by atoms with Gasteiger partial charge < -0.3 is 4.90 Å². The molecule has 1 aromatic rings. The van der Waals surface area contributed by atoms with Gasteiger partial charge in [0.25, 0.3) is 0 Å². The summed E-state index contributed by atoms with van der Waals surface area (Å²) in [5.74, 6) is 0.0837. The number of hydrogen-bond donors (Lipinski definition) is 0. The van der Waals surface area contributed by atoms with Crippen molar-refractivity contribution < 1.29 is 13.2 Å². The molecule has 5 nitrogen and oxygen atoms in total. The number of hydrogen-bond acceptors (Lipinski definition) is 3. The monoisotopic (exact) mass is 392 g/mol. The van der Waals surface area contributed by atoms with Crippen molar-refractivity contribution in [2.45, 2.75) is 32.1 Å². The third-order valence-electron chi connectivity index (χ3n) is 4.04. The highest BCUT2D eigenvalue weighted by Crippen LogP contribution is 2.30. The second-order valence-electron chi connectivity index (χ2n) is 5.98. The number of carbonyl (C=O) groups excluding carboxylic acids is 1. The Labute approximate surface area is 153 Å². The molecule has 1 heterocycles. The molecule has 1 aliphatic rings. The van der Waals surface area contributed by atoms with Gasteiger partial charge in [-0.15, -0.1) is 0 Å². The Hall–Kier alpha value is -0.980. The zero-order chi connectivity index (χ0) is 17.7. The van der Waals surface area contributed by atoms with E-state index in [4.69, 9.17) is 23.2 Å². The fourth-order valence-electron chi connectivity index (χ4n) is 2.82. The van der Waals surface area contributed by atoms with Crippen LogP contribution in [0.4, 0.5) is 5.69 Å². The fourth-order valence-corrected chi connectivity index (χ4v) is 4.22. The highest BCUT2D eigenvalue weighted by Gasteiger charge is 2.22. The van der Waals surface area contributed by atoms with Crippen LogP contribution in [-0.4, -0.2) is 45.1 Å². The first-order chi connectivity index (χ1) is 11.3. The van der Waals surface area contributed by atoms with Crippen LogP contribution in [0, 0.1) is 0 Å². The highest BCUT2D eigenvalue weighted by molar-refractivity contribution is 7.92. The van der Waals surface area contributed by atoms with Crippen LogP contribution in [0.3, 0.4) is 0 Å². The van der Waals surface area contributed by atoms with E-state index in [9.17, 15) is 13.2 Å².